The summed E-state index contributed by atoms with van der Waals surface area (Å²) in [6.45, 7) is 13.2. The van der Waals surface area contributed by atoms with Gasteiger partial charge in [0.15, 0.2) is 0 Å². The van der Waals surface area contributed by atoms with Gasteiger partial charge in [0.2, 0.25) is 0 Å². The van der Waals surface area contributed by atoms with Crippen LogP contribution in [0.5, 0.6) is 11.5 Å². The monoisotopic (exact) mass is 825 g/mol. The molecule has 0 radical (unpaired) electrons. The van der Waals surface area contributed by atoms with Gasteiger partial charge in [-0.3, -0.25) is 4.68 Å². The molecule has 0 saturated heterocycles. The Morgan fingerprint density at radius 2 is 1.57 bits per heavy atom. The Bertz CT molecular complexity index is 2240. The van der Waals surface area contributed by atoms with Gasteiger partial charge in [-0.2, -0.15) is 17.2 Å². The summed E-state index contributed by atoms with van der Waals surface area (Å²) in [5.74, 6) is 2.09. The van der Waals surface area contributed by atoms with E-state index < -0.39 is 0 Å². The molecule has 0 unspecified atom stereocenters. The van der Waals surface area contributed by atoms with Crippen LogP contribution in [0, 0.1) is 38.3 Å². The van der Waals surface area contributed by atoms with Crippen LogP contribution in [0.2, 0.25) is 0 Å². The van der Waals surface area contributed by atoms with E-state index in [4.69, 9.17) is 14.8 Å². The molecule has 4 aromatic carbocycles. The molecule has 0 fully saturated rings. The quantitative estimate of drug-likeness (QED) is 0.108. The maximum Gasteiger partial charge on any atom is 2.00 e. The molecule has 0 atom stereocenters. The van der Waals surface area contributed by atoms with Crippen molar-refractivity contribution < 1.29 is 25.8 Å². The summed E-state index contributed by atoms with van der Waals surface area (Å²) in [4.78, 5) is 4.77. The maximum atomic E-state index is 6.45. The van der Waals surface area contributed by atoms with Crippen molar-refractivity contribution >= 4 is 21.8 Å². The summed E-state index contributed by atoms with van der Waals surface area (Å²) < 4.78 is 10.6. The second-order valence-electron chi connectivity index (χ2n) is 14.1. The fourth-order valence-corrected chi connectivity index (χ4v) is 6.69. The van der Waals surface area contributed by atoms with Crippen molar-refractivity contribution in [3.63, 3.8) is 0 Å². The van der Waals surface area contributed by atoms with E-state index in [0.717, 1.165) is 62.4 Å². The van der Waals surface area contributed by atoms with Gasteiger partial charge in [-0.25, -0.2) is 4.98 Å². The van der Waals surface area contributed by atoms with Gasteiger partial charge in [0.05, 0.1) is 5.69 Å². The Labute approximate surface area is 304 Å². The normalized spacial score (nSPS) is 11.6. The van der Waals surface area contributed by atoms with Crippen LogP contribution in [0.4, 0.5) is 0 Å². The van der Waals surface area contributed by atoms with Crippen molar-refractivity contribution in [2.24, 2.45) is 5.41 Å². The molecule has 0 aliphatic carbocycles. The van der Waals surface area contributed by atoms with E-state index >= 15 is 0 Å². The molecule has 0 spiro atoms. The number of unbranched alkanes of at least 4 members (excludes halogenated alkanes) is 1. The minimum absolute atomic E-state index is 0. The molecule has 7 rings (SSSR count). The molecular weight excluding hydrogens is 784 g/mol. The van der Waals surface area contributed by atoms with Crippen molar-refractivity contribution in [2.75, 3.05) is 0 Å². The van der Waals surface area contributed by atoms with Crippen LogP contribution in [0.15, 0.2) is 97.2 Å². The molecule has 3 aromatic heterocycles. The Hall–Kier alpha value is -4.47. The van der Waals surface area contributed by atoms with Gasteiger partial charge in [-0.05, 0) is 91.4 Å². The third-order valence-corrected chi connectivity index (χ3v) is 9.04. The second kappa shape index (κ2) is 14.2. The third kappa shape index (κ3) is 7.28. The number of rotatable bonds is 9. The smallest absolute Gasteiger partial charge is 0.509 e. The number of aryl methyl sites for hydroxylation is 3. The van der Waals surface area contributed by atoms with Crippen molar-refractivity contribution in [2.45, 2.75) is 67.2 Å². The van der Waals surface area contributed by atoms with E-state index in [9.17, 15) is 0 Å². The van der Waals surface area contributed by atoms with Crippen LogP contribution in [-0.2, 0) is 27.5 Å². The summed E-state index contributed by atoms with van der Waals surface area (Å²) in [7, 11) is 0. The van der Waals surface area contributed by atoms with Crippen LogP contribution in [0.3, 0.4) is 0 Å². The summed E-state index contributed by atoms with van der Waals surface area (Å²) >= 11 is 0. The first-order valence-electron chi connectivity index (χ1n) is 16.9. The molecule has 7 aromatic rings. The Balaban J connectivity index is 0.00000417. The molecule has 49 heavy (non-hydrogen) atoms. The van der Waals surface area contributed by atoms with Crippen LogP contribution in [-0.4, -0.2) is 19.3 Å². The van der Waals surface area contributed by atoms with Gasteiger partial charge in [-0.15, -0.1) is 35.7 Å². The van der Waals surface area contributed by atoms with Gasteiger partial charge >= 0.3 is 21.1 Å². The van der Waals surface area contributed by atoms with Gasteiger partial charge in [0, 0.05) is 34.5 Å². The van der Waals surface area contributed by atoms with Crippen molar-refractivity contribution in [3.8, 4) is 34.1 Å². The summed E-state index contributed by atoms with van der Waals surface area (Å²) in [5, 5.41) is 7.21. The van der Waals surface area contributed by atoms with Crippen molar-refractivity contribution in [1.82, 2.24) is 19.3 Å². The topological polar surface area (TPSA) is 44.9 Å². The Morgan fingerprint density at radius 3 is 2.35 bits per heavy atom. The largest absolute Gasteiger partial charge is 2.00 e. The predicted octanol–water partition coefficient (Wildman–Crippen LogP) is 11.1. The minimum atomic E-state index is 0. The van der Waals surface area contributed by atoms with E-state index in [2.05, 4.69) is 113 Å². The van der Waals surface area contributed by atoms with E-state index in [0.29, 0.717) is 16.9 Å². The van der Waals surface area contributed by atoms with E-state index in [-0.39, 0.29) is 21.1 Å². The Kier molecular flexibility index (Phi) is 9.95. The molecule has 0 aliphatic rings. The molecule has 6 heteroatoms. The standard InChI is InChI=1S/C43H42N4O.Pt/c1-29-22-24-44-41(25-29)46-39-21-18-32(13-10-11-23-43(4,5)6)26-38(39)37-20-19-36(28-40(37)46)48-35-17-12-16-34(27-35)47-31(3)42(30(2)45-47)33-14-8-7-9-15-33;/h7-9,12,14-22,24-26H,10-11,13,23H2,1-6H3;/q-2;+2. The zero-order chi connectivity index (χ0) is 33.4. The molecule has 3 heterocycles. The molecule has 5 nitrogen and oxygen atoms in total. The molecule has 0 N–H and O–H groups in total. The van der Waals surface area contributed by atoms with Gasteiger partial charge in [-0.1, -0.05) is 75.2 Å². The second-order valence-corrected chi connectivity index (χ2v) is 14.1. The SMILES string of the molecule is Cc1ccnc(-n2c3[c-]c(Oc4[c-]c(-n5nc(C)c(-c6ccccc6)c5C)ccc4)ccc3c3cc(CCCCC(C)(C)C)ccc32)c1.[Pt+2]. The molecular formula is C43H42N4OPt. The van der Waals surface area contributed by atoms with E-state index in [1.54, 1.807) is 0 Å². The Morgan fingerprint density at radius 1 is 0.776 bits per heavy atom. The number of pyridine rings is 1. The number of fused-ring (bicyclic) bond motifs is 3. The van der Waals surface area contributed by atoms with Gasteiger partial charge in [0.1, 0.15) is 5.82 Å². The minimum Gasteiger partial charge on any atom is -0.509 e. The summed E-state index contributed by atoms with van der Waals surface area (Å²) in [6.07, 6.45) is 6.60. The molecule has 250 valence electrons. The fraction of sp³-hybridized carbons (Fsp3) is 0.256. The van der Waals surface area contributed by atoms with Crippen LogP contribution in [0.1, 0.15) is 62.5 Å². The number of nitrogens with zero attached hydrogens (tertiary/aromatic N) is 4. The maximum absolute atomic E-state index is 6.45. The summed E-state index contributed by atoms with van der Waals surface area (Å²) in [6, 6.07) is 38.5. The number of hydrogen-bond donors (Lipinski definition) is 0. The number of ether oxygens (including phenoxy) is 1. The zero-order valence-corrected chi connectivity index (χ0v) is 31.4. The predicted molar refractivity (Wildman–Crippen MR) is 197 cm³/mol. The summed E-state index contributed by atoms with van der Waals surface area (Å²) in [5.41, 5.74) is 10.1. The average Bonchev–Trinajstić information content (AvgIpc) is 3.55. The number of aromatic nitrogens is 4. The average molecular weight is 826 g/mol. The zero-order valence-electron chi connectivity index (χ0n) is 29.1. The third-order valence-electron chi connectivity index (χ3n) is 9.04. The van der Waals surface area contributed by atoms with Crippen LogP contribution in [0.25, 0.3) is 44.4 Å². The van der Waals surface area contributed by atoms with Crippen LogP contribution >= 0.6 is 0 Å². The fourth-order valence-electron chi connectivity index (χ4n) is 6.69. The first-order chi connectivity index (χ1) is 23.1. The first kappa shape index (κ1) is 34.4. The van der Waals surface area contributed by atoms with E-state index in [1.165, 1.54) is 30.2 Å². The first-order valence-corrected chi connectivity index (χ1v) is 16.9. The van der Waals surface area contributed by atoms with Crippen molar-refractivity contribution in [1.29, 1.82) is 0 Å². The molecule has 0 amide bonds. The number of benzene rings is 4. The van der Waals surface area contributed by atoms with Gasteiger partial charge < -0.3 is 9.30 Å². The van der Waals surface area contributed by atoms with Crippen molar-refractivity contribution in [3.05, 3.63) is 132 Å². The van der Waals surface area contributed by atoms with Crippen LogP contribution < -0.4 is 4.74 Å². The molecule has 0 bridgehead atoms. The number of hydrogen-bond acceptors (Lipinski definition) is 3. The van der Waals surface area contributed by atoms with E-state index in [1.807, 2.05) is 47.3 Å². The molecule has 0 aliphatic heterocycles. The molecule has 0 saturated carbocycles. The van der Waals surface area contributed by atoms with Gasteiger partial charge in [0.25, 0.3) is 0 Å².